The first kappa shape index (κ1) is 14.4. The van der Waals surface area contributed by atoms with Crippen molar-refractivity contribution in [3.63, 3.8) is 0 Å². The van der Waals surface area contributed by atoms with E-state index in [2.05, 4.69) is 15.2 Å². The van der Waals surface area contributed by atoms with Gasteiger partial charge in [0.15, 0.2) is 5.16 Å². The Kier molecular flexibility index (Phi) is 3.65. The molecule has 3 aromatic rings. The molecule has 1 aliphatic carbocycles. The number of nitrogens with one attached hydrogen (secondary N) is 1. The van der Waals surface area contributed by atoms with Gasteiger partial charge in [-0.3, -0.25) is 14.2 Å². The van der Waals surface area contributed by atoms with E-state index < -0.39 is 0 Å². The van der Waals surface area contributed by atoms with Gasteiger partial charge in [0.05, 0.1) is 0 Å². The molecular weight excluding hydrogens is 315 g/mol. The Balaban J connectivity index is 1.70. The van der Waals surface area contributed by atoms with Gasteiger partial charge in [0.25, 0.3) is 5.56 Å². The lowest BCUT2D eigenvalue weighted by Gasteiger charge is -2.16. The van der Waals surface area contributed by atoms with Crippen LogP contribution in [-0.2, 0) is 18.6 Å². The number of aryl methyl sites for hydroxylation is 1. The number of fused-ring (bicyclic) bond motifs is 3. The molecule has 0 unspecified atom stereocenters. The smallest absolute Gasteiger partial charge is 0.255 e. The summed E-state index contributed by atoms with van der Waals surface area (Å²) in [7, 11) is 0. The van der Waals surface area contributed by atoms with E-state index in [4.69, 9.17) is 0 Å². The molecule has 0 saturated carbocycles. The maximum atomic E-state index is 13.0. The summed E-state index contributed by atoms with van der Waals surface area (Å²) in [5, 5.41) is 9.06. The van der Waals surface area contributed by atoms with Crippen molar-refractivity contribution in [2.45, 2.75) is 36.6 Å². The third-order valence-electron chi connectivity index (χ3n) is 4.12. The quantitative estimate of drug-likeness (QED) is 0.750. The molecule has 0 saturated heterocycles. The number of thioether (sulfide) groups is 1. The summed E-state index contributed by atoms with van der Waals surface area (Å²) in [5.74, 6) is 0.935. The number of hydrogen-bond donors (Lipinski definition) is 1. The Bertz CT molecular complexity index is 916. The molecule has 0 amide bonds. The second-order valence-corrected chi connectivity index (χ2v) is 6.59. The fourth-order valence-electron chi connectivity index (χ4n) is 2.97. The SMILES string of the molecule is O=c1[nH]c2nnc(SCc3ccc(F)cc3)n2c2c1CCCC2. The largest absolute Gasteiger partial charge is 0.290 e. The molecule has 0 spiro atoms. The van der Waals surface area contributed by atoms with Crippen molar-refractivity contribution < 1.29 is 4.39 Å². The van der Waals surface area contributed by atoms with Gasteiger partial charge in [-0.2, -0.15) is 0 Å². The van der Waals surface area contributed by atoms with Crippen molar-refractivity contribution in [3.05, 3.63) is 57.3 Å². The molecule has 118 valence electrons. The highest BCUT2D eigenvalue weighted by Crippen LogP contribution is 2.25. The highest BCUT2D eigenvalue weighted by Gasteiger charge is 2.20. The molecule has 7 heteroatoms. The summed E-state index contributed by atoms with van der Waals surface area (Å²) in [6.45, 7) is 0. The molecule has 0 aliphatic heterocycles. The zero-order valence-electron chi connectivity index (χ0n) is 12.4. The van der Waals surface area contributed by atoms with E-state index in [0.717, 1.165) is 47.7 Å². The maximum absolute atomic E-state index is 13.0. The number of hydrogen-bond acceptors (Lipinski definition) is 4. The van der Waals surface area contributed by atoms with Crippen LogP contribution in [0.5, 0.6) is 0 Å². The van der Waals surface area contributed by atoms with Crippen LogP contribution in [0.15, 0.2) is 34.2 Å². The standard InChI is InChI=1S/C16H15FN4OS/c17-11-7-5-10(6-8-11)9-23-16-20-19-15-18-14(22)12-3-1-2-4-13(12)21(15)16/h5-8H,1-4,9H2,(H,18,19,22). The minimum atomic E-state index is -0.238. The Labute approximate surface area is 136 Å². The molecule has 1 aromatic carbocycles. The molecule has 5 nitrogen and oxygen atoms in total. The first-order chi connectivity index (χ1) is 11.2. The maximum Gasteiger partial charge on any atom is 0.255 e. The second kappa shape index (κ2) is 5.81. The predicted molar refractivity (Wildman–Crippen MR) is 86.2 cm³/mol. The minimum absolute atomic E-state index is 0.0466. The lowest BCUT2D eigenvalue weighted by Crippen LogP contribution is -2.22. The third-order valence-corrected chi connectivity index (χ3v) is 5.12. The van der Waals surface area contributed by atoms with Crippen molar-refractivity contribution in [1.29, 1.82) is 0 Å². The summed E-state index contributed by atoms with van der Waals surface area (Å²) in [4.78, 5) is 14.9. The second-order valence-electron chi connectivity index (χ2n) is 5.64. The topological polar surface area (TPSA) is 63.0 Å². The van der Waals surface area contributed by atoms with E-state index in [1.807, 2.05) is 4.40 Å². The van der Waals surface area contributed by atoms with Crippen molar-refractivity contribution in [2.75, 3.05) is 0 Å². The number of H-pyrrole nitrogens is 1. The van der Waals surface area contributed by atoms with Gasteiger partial charge in [0.1, 0.15) is 5.82 Å². The fraction of sp³-hybridized carbons (Fsp3) is 0.312. The Morgan fingerprint density at radius 3 is 2.78 bits per heavy atom. The van der Waals surface area contributed by atoms with E-state index in [1.54, 1.807) is 12.1 Å². The highest BCUT2D eigenvalue weighted by molar-refractivity contribution is 7.98. The van der Waals surface area contributed by atoms with Crippen LogP contribution in [0.25, 0.3) is 5.78 Å². The molecule has 2 heterocycles. The van der Waals surface area contributed by atoms with Crippen molar-refractivity contribution in [2.24, 2.45) is 0 Å². The van der Waals surface area contributed by atoms with Gasteiger partial charge in [-0.15, -0.1) is 10.2 Å². The molecule has 1 N–H and O–H groups in total. The van der Waals surface area contributed by atoms with Crippen molar-refractivity contribution in [1.82, 2.24) is 19.6 Å². The van der Waals surface area contributed by atoms with E-state index in [9.17, 15) is 9.18 Å². The van der Waals surface area contributed by atoms with Crippen LogP contribution in [-0.4, -0.2) is 19.6 Å². The van der Waals surface area contributed by atoms with E-state index >= 15 is 0 Å². The van der Waals surface area contributed by atoms with Crippen LogP contribution in [0.3, 0.4) is 0 Å². The average molecular weight is 330 g/mol. The predicted octanol–water partition coefficient (Wildman–Crippen LogP) is 2.73. The number of halogens is 1. The Morgan fingerprint density at radius 2 is 1.96 bits per heavy atom. The van der Waals surface area contributed by atoms with Gasteiger partial charge in [-0.05, 0) is 43.4 Å². The summed E-state index contributed by atoms with van der Waals surface area (Å²) in [6.07, 6.45) is 3.80. The molecule has 0 bridgehead atoms. The van der Waals surface area contributed by atoms with E-state index in [1.165, 1.54) is 23.9 Å². The summed E-state index contributed by atoms with van der Waals surface area (Å²) in [6, 6.07) is 6.44. The lowest BCUT2D eigenvalue weighted by molar-refractivity contribution is 0.627. The van der Waals surface area contributed by atoms with Crippen LogP contribution in [0, 0.1) is 5.82 Å². The van der Waals surface area contributed by atoms with Crippen LogP contribution in [0.1, 0.15) is 29.7 Å². The number of nitrogens with zero attached hydrogens (tertiary/aromatic N) is 3. The average Bonchev–Trinajstić information content (AvgIpc) is 2.98. The van der Waals surface area contributed by atoms with Gasteiger partial charge in [0.2, 0.25) is 5.78 Å². The fourth-order valence-corrected chi connectivity index (χ4v) is 3.89. The molecule has 4 rings (SSSR count). The molecule has 0 fully saturated rings. The molecular formula is C16H15FN4OS. The third kappa shape index (κ3) is 2.65. The van der Waals surface area contributed by atoms with Gasteiger partial charge in [0, 0.05) is 17.0 Å². The molecule has 1 aliphatic rings. The Hall–Kier alpha value is -2.15. The summed E-state index contributed by atoms with van der Waals surface area (Å²) < 4.78 is 14.9. The van der Waals surface area contributed by atoms with Crippen LogP contribution < -0.4 is 5.56 Å². The first-order valence-electron chi connectivity index (χ1n) is 7.59. The van der Waals surface area contributed by atoms with Crippen LogP contribution in [0.2, 0.25) is 0 Å². The number of rotatable bonds is 3. The highest BCUT2D eigenvalue weighted by atomic mass is 32.2. The molecule has 2 aromatic heterocycles. The van der Waals surface area contributed by atoms with Gasteiger partial charge < -0.3 is 0 Å². The summed E-state index contributed by atoms with van der Waals surface area (Å²) in [5.41, 5.74) is 2.86. The van der Waals surface area contributed by atoms with Gasteiger partial charge in [-0.25, -0.2) is 4.39 Å². The number of benzene rings is 1. The molecule has 23 heavy (non-hydrogen) atoms. The molecule has 0 atom stereocenters. The van der Waals surface area contributed by atoms with Gasteiger partial charge in [-0.1, -0.05) is 23.9 Å². The van der Waals surface area contributed by atoms with E-state index in [0.29, 0.717) is 11.5 Å². The zero-order valence-corrected chi connectivity index (χ0v) is 13.2. The monoisotopic (exact) mass is 330 g/mol. The van der Waals surface area contributed by atoms with Crippen LogP contribution >= 0.6 is 11.8 Å². The Morgan fingerprint density at radius 1 is 1.17 bits per heavy atom. The van der Waals surface area contributed by atoms with Crippen molar-refractivity contribution >= 4 is 17.5 Å². The number of aromatic amines is 1. The minimum Gasteiger partial charge on any atom is -0.290 e. The first-order valence-corrected chi connectivity index (χ1v) is 8.57. The zero-order chi connectivity index (χ0) is 15.8. The van der Waals surface area contributed by atoms with Crippen molar-refractivity contribution in [3.8, 4) is 0 Å². The van der Waals surface area contributed by atoms with Gasteiger partial charge >= 0.3 is 0 Å². The normalized spacial score (nSPS) is 14.1. The van der Waals surface area contributed by atoms with E-state index in [-0.39, 0.29) is 11.4 Å². The lowest BCUT2D eigenvalue weighted by atomic mass is 9.97. The van der Waals surface area contributed by atoms with Crippen LogP contribution in [0.4, 0.5) is 4.39 Å². The molecule has 0 radical (unpaired) electrons. The summed E-state index contributed by atoms with van der Waals surface area (Å²) >= 11 is 1.54. The number of aromatic nitrogens is 4.